The maximum atomic E-state index is 6.21. The molecular weight excluding hydrogens is 332 g/mol. The molecule has 1 aliphatic rings. The van der Waals surface area contributed by atoms with Gasteiger partial charge in [-0.1, -0.05) is 41.6 Å². The highest BCUT2D eigenvalue weighted by Crippen LogP contribution is 2.24. The number of hydrogen-bond acceptors (Lipinski definition) is 5. The molecule has 0 atom stereocenters. The van der Waals surface area contributed by atoms with Gasteiger partial charge in [0.2, 0.25) is 5.95 Å². The molecule has 23 heavy (non-hydrogen) atoms. The molecule has 0 amide bonds. The van der Waals surface area contributed by atoms with Crippen molar-refractivity contribution >= 4 is 29.3 Å². The number of aromatic nitrogens is 3. The lowest BCUT2D eigenvalue weighted by Crippen LogP contribution is -2.38. The Hall–Kier alpha value is -1.24. The third-order valence-electron chi connectivity index (χ3n) is 3.87. The van der Waals surface area contributed by atoms with Crippen LogP contribution in [0.1, 0.15) is 12.5 Å². The van der Waals surface area contributed by atoms with Gasteiger partial charge in [0.1, 0.15) is 0 Å². The third-order valence-corrected chi connectivity index (χ3v) is 5.21. The topological polar surface area (TPSA) is 43.2 Å². The normalized spacial score (nSPS) is 15.1. The molecule has 0 radical (unpaired) electrons. The summed E-state index contributed by atoms with van der Waals surface area (Å²) in [7, 11) is 0. The molecule has 0 saturated carbocycles. The predicted molar refractivity (Wildman–Crippen MR) is 94.6 cm³/mol. The van der Waals surface area contributed by atoms with Crippen molar-refractivity contribution in [2.24, 2.45) is 0 Å². The number of aryl methyl sites for hydroxylation is 1. The Morgan fingerprint density at radius 3 is 2.74 bits per heavy atom. The van der Waals surface area contributed by atoms with Gasteiger partial charge in [-0.15, -0.1) is 10.2 Å². The minimum Gasteiger partial charge on any atom is -0.378 e. The maximum absolute atomic E-state index is 6.21. The number of anilines is 1. The van der Waals surface area contributed by atoms with Gasteiger partial charge in [0.05, 0.1) is 13.2 Å². The zero-order valence-electron chi connectivity index (χ0n) is 13.2. The molecule has 124 valence electrons. The second-order valence-corrected chi connectivity index (χ2v) is 6.79. The molecule has 1 fully saturated rings. The van der Waals surface area contributed by atoms with Crippen LogP contribution in [0.15, 0.2) is 29.4 Å². The number of hydrogen-bond donors (Lipinski definition) is 0. The van der Waals surface area contributed by atoms with Crippen LogP contribution in [0.25, 0.3) is 0 Å². The van der Waals surface area contributed by atoms with Gasteiger partial charge < -0.3 is 9.64 Å². The third kappa shape index (κ3) is 4.00. The molecule has 2 aromatic rings. The van der Waals surface area contributed by atoms with Crippen LogP contribution in [-0.2, 0) is 17.7 Å². The smallest absolute Gasteiger partial charge is 0.228 e. The van der Waals surface area contributed by atoms with Gasteiger partial charge in [0, 0.05) is 30.4 Å². The summed E-state index contributed by atoms with van der Waals surface area (Å²) in [5, 5.41) is 10.6. The van der Waals surface area contributed by atoms with Gasteiger partial charge in [0.25, 0.3) is 0 Å². The summed E-state index contributed by atoms with van der Waals surface area (Å²) >= 11 is 7.94. The number of morpholine rings is 1. The lowest BCUT2D eigenvalue weighted by atomic mass is 10.2. The van der Waals surface area contributed by atoms with E-state index in [-0.39, 0.29) is 0 Å². The van der Waals surface area contributed by atoms with Gasteiger partial charge in [-0.05, 0) is 25.0 Å². The van der Waals surface area contributed by atoms with Crippen molar-refractivity contribution < 1.29 is 4.74 Å². The average molecular weight is 353 g/mol. The SMILES string of the molecule is CCn1c(SCCc2ccccc2Cl)nnc1N1CCOCC1. The predicted octanol–water partition coefficient (Wildman–Crippen LogP) is 3.12. The number of benzene rings is 1. The summed E-state index contributed by atoms with van der Waals surface area (Å²) in [4.78, 5) is 2.25. The van der Waals surface area contributed by atoms with E-state index in [1.165, 1.54) is 5.56 Å². The van der Waals surface area contributed by atoms with Crippen LogP contribution in [0.5, 0.6) is 0 Å². The largest absolute Gasteiger partial charge is 0.378 e. The number of rotatable bonds is 6. The Balaban J connectivity index is 1.64. The molecule has 3 rings (SSSR count). The highest BCUT2D eigenvalue weighted by atomic mass is 35.5. The second-order valence-electron chi connectivity index (χ2n) is 5.32. The number of halogens is 1. The van der Waals surface area contributed by atoms with Crippen molar-refractivity contribution in [3.8, 4) is 0 Å². The van der Waals surface area contributed by atoms with E-state index in [0.29, 0.717) is 0 Å². The monoisotopic (exact) mass is 352 g/mol. The average Bonchev–Trinajstić information content (AvgIpc) is 3.00. The standard InChI is InChI=1S/C16H21ClN4OS/c1-2-21-15(20-8-10-22-11-9-20)18-19-16(21)23-12-7-13-5-3-4-6-14(13)17/h3-6H,2,7-12H2,1H3. The first-order valence-electron chi connectivity index (χ1n) is 7.91. The number of ether oxygens (including phenoxy) is 1. The highest BCUT2D eigenvalue weighted by molar-refractivity contribution is 7.99. The lowest BCUT2D eigenvalue weighted by molar-refractivity contribution is 0.121. The van der Waals surface area contributed by atoms with E-state index >= 15 is 0 Å². The van der Waals surface area contributed by atoms with Crippen LogP contribution in [0.4, 0.5) is 5.95 Å². The molecule has 1 saturated heterocycles. The minimum atomic E-state index is 0.756. The highest BCUT2D eigenvalue weighted by Gasteiger charge is 2.19. The van der Waals surface area contributed by atoms with Crippen LogP contribution in [-0.4, -0.2) is 46.8 Å². The van der Waals surface area contributed by atoms with Crippen LogP contribution < -0.4 is 4.90 Å². The van der Waals surface area contributed by atoms with E-state index in [0.717, 1.165) is 61.1 Å². The first-order valence-corrected chi connectivity index (χ1v) is 9.28. The summed E-state index contributed by atoms with van der Waals surface area (Å²) in [5.74, 6) is 1.89. The molecule has 1 aromatic carbocycles. The lowest BCUT2D eigenvalue weighted by Gasteiger charge is -2.27. The van der Waals surface area contributed by atoms with E-state index in [1.807, 2.05) is 18.2 Å². The summed E-state index contributed by atoms with van der Waals surface area (Å²) in [5.41, 5.74) is 1.18. The van der Waals surface area contributed by atoms with Crippen LogP contribution in [0.2, 0.25) is 5.02 Å². The molecule has 0 aliphatic carbocycles. The van der Waals surface area contributed by atoms with Gasteiger partial charge in [0.15, 0.2) is 5.16 Å². The van der Waals surface area contributed by atoms with Crippen molar-refractivity contribution in [1.29, 1.82) is 0 Å². The molecule has 1 aromatic heterocycles. The summed E-state index contributed by atoms with van der Waals surface area (Å²) in [6.07, 6.45) is 0.924. The Morgan fingerprint density at radius 2 is 2.00 bits per heavy atom. The van der Waals surface area contributed by atoms with E-state index in [1.54, 1.807) is 11.8 Å². The second kappa shape index (κ2) is 8.04. The van der Waals surface area contributed by atoms with Crippen molar-refractivity contribution in [1.82, 2.24) is 14.8 Å². The first kappa shape index (κ1) is 16.6. The van der Waals surface area contributed by atoms with E-state index in [2.05, 4.69) is 32.7 Å². The fraction of sp³-hybridized carbons (Fsp3) is 0.500. The van der Waals surface area contributed by atoms with Crippen molar-refractivity contribution in [3.05, 3.63) is 34.9 Å². The fourth-order valence-corrected chi connectivity index (χ4v) is 3.82. The van der Waals surface area contributed by atoms with Crippen LogP contribution in [0.3, 0.4) is 0 Å². The Morgan fingerprint density at radius 1 is 1.22 bits per heavy atom. The van der Waals surface area contributed by atoms with E-state index in [4.69, 9.17) is 16.3 Å². The van der Waals surface area contributed by atoms with Crippen LogP contribution in [0, 0.1) is 0 Å². The van der Waals surface area contributed by atoms with Crippen LogP contribution >= 0.6 is 23.4 Å². The molecule has 0 unspecified atom stereocenters. The Labute approximate surface area is 146 Å². The zero-order chi connectivity index (χ0) is 16.1. The summed E-state index contributed by atoms with van der Waals surface area (Å²) < 4.78 is 7.59. The van der Waals surface area contributed by atoms with Gasteiger partial charge in [-0.3, -0.25) is 4.57 Å². The molecular formula is C16H21ClN4OS. The van der Waals surface area contributed by atoms with Gasteiger partial charge in [-0.2, -0.15) is 0 Å². The Bertz CT molecular complexity index is 643. The van der Waals surface area contributed by atoms with Gasteiger partial charge in [-0.25, -0.2) is 0 Å². The van der Waals surface area contributed by atoms with Crippen molar-refractivity contribution in [2.75, 3.05) is 37.0 Å². The molecule has 0 spiro atoms. The molecule has 7 heteroatoms. The van der Waals surface area contributed by atoms with E-state index in [9.17, 15) is 0 Å². The molecule has 0 N–H and O–H groups in total. The minimum absolute atomic E-state index is 0.756. The quantitative estimate of drug-likeness (QED) is 0.747. The van der Waals surface area contributed by atoms with Crippen molar-refractivity contribution in [2.45, 2.75) is 25.0 Å². The molecule has 2 heterocycles. The molecule has 1 aliphatic heterocycles. The number of nitrogens with zero attached hydrogens (tertiary/aromatic N) is 4. The summed E-state index contributed by atoms with van der Waals surface area (Å²) in [6.45, 7) is 6.27. The first-order chi connectivity index (χ1) is 11.3. The zero-order valence-corrected chi connectivity index (χ0v) is 14.8. The number of thioether (sulfide) groups is 1. The molecule has 5 nitrogen and oxygen atoms in total. The van der Waals surface area contributed by atoms with Crippen molar-refractivity contribution in [3.63, 3.8) is 0 Å². The van der Waals surface area contributed by atoms with E-state index < -0.39 is 0 Å². The molecule has 0 bridgehead atoms. The summed E-state index contributed by atoms with van der Waals surface area (Å²) in [6, 6.07) is 8.00. The Kier molecular flexibility index (Phi) is 5.80. The fourth-order valence-electron chi connectivity index (χ4n) is 2.62. The maximum Gasteiger partial charge on any atom is 0.228 e. The van der Waals surface area contributed by atoms with Gasteiger partial charge >= 0.3 is 0 Å².